The first-order chi connectivity index (χ1) is 8.69. The molecule has 18 heavy (non-hydrogen) atoms. The Morgan fingerprint density at radius 3 is 1.67 bits per heavy atom. The Kier molecular flexibility index (Phi) is 3.74. The van der Waals surface area contributed by atoms with Gasteiger partial charge in [-0.15, -0.1) is 0 Å². The van der Waals surface area contributed by atoms with Crippen molar-refractivity contribution in [1.82, 2.24) is 10.0 Å². The summed E-state index contributed by atoms with van der Waals surface area (Å²) in [6.07, 6.45) is 4.59. The molecule has 0 N–H and O–H groups in total. The molecule has 1 aliphatic carbocycles. The third-order valence-corrected chi connectivity index (χ3v) is 3.08. The first-order valence-corrected chi connectivity index (χ1v) is 6.29. The molecule has 2 aliphatic heterocycles. The van der Waals surface area contributed by atoms with Crippen LogP contribution in [0, 0.1) is 0 Å². The van der Waals surface area contributed by atoms with Gasteiger partial charge in [0.25, 0.3) is 0 Å². The van der Waals surface area contributed by atoms with Gasteiger partial charge in [-0.05, 0) is 26.7 Å². The summed E-state index contributed by atoms with van der Waals surface area (Å²) in [4.78, 5) is 23.9. The number of carbonyl (C=O) groups excluding carboxylic acids is 2. The van der Waals surface area contributed by atoms with Crippen LogP contribution >= 0.6 is 0 Å². The molecule has 0 saturated carbocycles. The summed E-state index contributed by atoms with van der Waals surface area (Å²) in [5.41, 5.74) is 0. The van der Waals surface area contributed by atoms with E-state index in [2.05, 4.69) is 0 Å². The average molecular weight is 254 g/mol. The second-order valence-corrected chi connectivity index (χ2v) is 4.18. The maximum Gasteiger partial charge on any atom is 0.429 e. The molecule has 6 heteroatoms. The highest BCUT2D eigenvalue weighted by atomic mass is 16.6. The molecule has 1 saturated heterocycles. The number of rotatable bonds is 2. The van der Waals surface area contributed by atoms with Crippen LogP contribution in [0.3, 0.4) is 0 Å². The van der Waals surface area contributed by atoms with E-state index in [1.165, 1.54) is 10.0 Å². The van der Waals surface area contributed by atoms with Gasteiger partial charge in [-0.2, -0.15) is 0 Å². The number of nitrogens with zero attached hydrogens (tertiary/aromatic N) is 2. The zero-order chi connectivity index (χ0) is 13.1. The SMILES string of the molecule is CCOC(=O)N1C2C=CC(CC2)N1C(=O)OCC. The third-order valence-electron chi connectivity index (χ3n) is 3.08. The van der Waals surface area contributed by atoms with Crippen molar-refractivity contribution in [2.24, 2.45) is 0 Å². The molecule has 2 amide bonds. The third kappa shape index (κ3) is 2.14. The average Bonchev–Trinajstić information content (AvgIpc) is 2.39. The predicted molar refractivity (Wildman–Crippen MR) is 63.7 cm³/mol. The molecular formula is C12H18N2O4. The first-order valence-electron chi connectivity index (χ1n) is 6.29. The first kappa shape index (κ1) is 12.7. The van der Waals surface area contributed by atoms with Crippen molar-refractivity contribution in [3.8, 4) is 0 Å². The molecule has 2 atom stereocenters. The van der Waals surface area contributed by atoms with E-state index >= 15 is 0 Å². The molecule has 3 aliphatic rings. The fourth-order valence-corrected chi connectivity index (χ4v) is 2.34. The van der Waals surface area contributed by atoms with Gasteiger partial charge < -0.3 is 9.47 Å². The van der Waals surface area contributed by atoms with Gasteiger partial charge in [0, 0.05) is 0 Å². The molecule has 100 valence electrons. The van der Waals surface area contributed by atoms with Crippen molar-refractivity contribution in [3.63, 3.8) is 0 Å². The Morgan fingerprint density at radius 2 is 1.39 bits per heavy atom. The van der Waals surface area contributed by atoms with Crippen LogP contribution in [0.15, 0.2) is 12.2 Å². The van der Waals surface area contributed by atoms with E-state index < -0.39 is 12.2 Å². The largest absolute Gasteiger partial charge is 0.448 e. The summed E-state index contributed by atoms with van der Waals surface area (Å²) in [6, 6.07) is -0.225. The summed E-state index contributed by atoms with van der Waals surface area (Å²) in [5, 5.41) is 2.74. The molecule has 2 bridgehead atoms. The molecule has 0 aromatic carbocycles. The van der Waals surface area contributed by atoms with Crippen molar-refractivity contribution >= 4 is 12.2 Å². The summed E-state index contributed by atoms with van der Waals surface area (Å²) in [5.74, 6) is 0. The second-order valence-electron chi connectivity index (χ2n) is 4.18. The number of fused-ring (bicyclic) bond motifs is 2. The zero-order valence-corrected chi connectivity index (χ0v) is 10.7. The number of hydrogen-bond donors (Lipinski definition) is 0. The Labute approximate surface area is 106 Å². The zero-order valence-electron chi connectivity index (χ0n) is 10.7. The molecule has 0 spiro atoms. The molecule has 6 nitrogen and oxygen atoms in total. The van der Waals surface area contributed by atoms with Crippen molar-refractivity contribution in [2.75, 3.05) is 13.2 Å². The molecule has 2 unspecified atom stereocenters. The Bertz CT molecular complexity index is 335. The van der Waals surface area contributed by atoms with E-state index in [-0.39, 0.29) is 25.3 Å². The van der Waals surface area contributed by atoms with E-state index in [1.807, 2.05) is 12.2 Å². The molecule has 2 heterocycles. The maximum absolute atomic E-state index is 11.9. The van der Waals surface area contributed by atoms with Crippen LogP contribution in [0.5, 0.6) is 0 Å². The quantitative estimate of drug-likeness (QED) is 0.706. The fraction of sp³-hybridized carbons (Fsp3) is 0.667. The highest BCUT2D eigenvalue weighted by Gasteiger charge is 2.44. The predicted octanol–water partition coefficient (Wildman–Crippen LogP) is 1.92. The van der Waals surface area contributed by atoms with E-state index in [0.29, 0.717) is 0 Å². The van der Waals surface area contributed by atoms with Crippen LogP contribution in [0.1, 0.15) is 26.7 Å². The highest BCUT2D eigenvalue weighted by molar-refractivity contribution is 5.76. The van der Waals surface area contributed by atoms with Gasteiger partial charge >= 0.3 is 12.2 Å². The number of amides is 2. The van der Waals surface area contributed by atoms with Crippen LogP contribution in [0.25, 0.3) is 0 Å². The number of ether oxygens (including phenoxy) is 2. The Balaban J connectivity index is 2.20. The standard InChI is InChI=1S/C12H18N2O4/c1-3-17-11(15)13-9-5-7-10(8-6-9)14(13)12(16)18-4-2/h5,7,9-10H,3-4,6,8H2,1-2H3. The van der Waals surface area contributed by atoms with Crippen LogP contribution in [-0.2, 0) is 9.47 Å². The lowest BCUT2D eigenvalue weighted by Crippen LogP contribution is -2.63. The molecule has 3 rings (SSSR count). The summed E-state index contributed by atoms with van der Waals surface area (Å²) < 4.78 is 9.99. The molecular weight excluding hydrogens is 236 g/mol. The van der Waals surface area contributed by atoms with Gasteiger partial charge in [0.2, 0.25) is 0 Å². The smallest absolute Gasteiger partial charge is 0.429 e. The van der Waals surface area contributed by atoms with Gasteiger partial charge in [-0.1, -0.05) is 12.2 Å². The van der Waals surface area contributed by atoms with Crippen molar-refractivity contribution < 1.29 is 19.1 Å². The van der Waals surface area contributed by atoms with Crippen molar-refractivity contribution in [3.05, 3.63) is 12.2 Å². The van der Waals surface area contributed by atoms with E-state index in [9.17, 15) is 9.59 Å². The van der Waals surface area contributed by atoms with E-state index in [0.717, 1.165) is 12.8 Å². The fourth-order valence-electron chi connectivity index (χ4n) is 2.34. The lowest BCUT2D eigenvalue weighted by atomic mass is 9.94. The maximum atomic E-state index is 11.9. The van der Waals surface area contributed by atoms with Gasteiger partial charge in [0.15, 0.2) is 0 Å². The van der Waals surface area contributed by atoms with Crippen LogP contribution in [0.4, 0.5) is 9.59 Å². The van der Waals surface area contributed by atoms with Gasteiger partial charge in [0.05, 0.1) is 25.3 Å². The minimum Gasteiger partial charge on any atom is -0.448 e. The lowest BCUT2D eigenvalue weighted by molar-refractivity contribution is -0.0776. The topological polar surface area (TPSA) is 59.1 Å². The van der Waals surface area contributed by atoms with Crippen molar-refractivity contribution in [1.29, 1.82) is 0 Å². The molecule has 0 aromatic rings. The Hall–Kier alpha value is -1.72. The minimum atomic E-state index is -0.496. The molecule has 0 aromatic heterocycles. The normalized spacial score (nSPS) is 25.2. The van der Waals surface area contributed by atoms with Gasteiger partial charge in [-0.3, -0.25) is 0 Å². The minimum absolute atomic E-state index is 0.113. The van der Waals surface area contributed by atoms with E-state index in [1.54, 1.807) is 13.8 Å². The van der Waals surface area contributed by atoms with Crippen LogP contribution < -0.4 is 0 Å². The van der Waals surface area contributed by atoms with E-state index in [4.69, 9.17) is 9.47 Å². The number of hydrogen-bond acceptors (Lipinski definition) is 4. The highest BCUT2D eigenvalue weighted by Crippen LogP contribution is 2.31. The second kappa shape index (κ2) is 5.29. The van der Waals surface area contributed by atoms with Crippen LogP contribution in [0.2, 0.25) is 0 Å². The summed E-state index contributed by atoms with van der Waals surface area (Å²) >= 11 is 0. The lowest BCUT2D eigenvalue weighted by Gasteiger charge is -2.48. The number of hydrazine groups is 1. The number of carbonyl (C=O) groups is 2. The van der Waals surface area contributed by atoms with Gasteiger partial charge in [0.1, 0.15) is 0 Å². The Morgan fingerprint density at radius 1 is 1.00 bits per heavy atom. The molecule has 0 radical (unpaired) electrons. The van der Waals surface area contributed by atoms with Crippen molar-refractivity contribution in [2.45, 2.75) is 38.8 Å². The molecule has 1 fully saturated rings. The summed E-state index contributed by atoms with van der Waals surface area (Å²) in [6.45, 7) is 4.05. The van der Waals surface area contributed by atoms with Crippen LogP contribution in [-0.4, -0.2) is 47.5 Å². The monoisotopic (exact) mass is 254 g/mol. The summed E-state index contributed by atoms with van der Waals surface area (Å²) in [7, 11) is 0. The van der Waals surface area contributed by atoms with Gasteiger partial charge in [-0.25, -0.2) is 19.6 Å².